The summed E-state index contributed by atoms with van der Waals surface area (Å²) in [6, 6.07) is 3.58. The lowest BCUT2D eigenvalue weighted by Gasteiger charge is -2.10. The smallest absolute Gasteiger partial charge is 0.287 e. The second-order valence-corrected chi connectivity index (χ2v) is 5.64. The van der Waals surface area contributed by atoms with Crippen molar-refractivity contribution in [2.75, 3.05) is 19.6 Å². The summed E-state index contributed by atoms with van der Waals surface area (Å²) in [7, 11) is 4.62. The van der Waals surface area contributed by atoms with Gasteiger partial charge in [0.25, 0.3) is 5.56 Å². The van der Waals surface area contributed by atoms with E-state index < -0.39 is 5.56 Å². The fourth-order valence-electron chi connectivity index (χ4n) is 1.78. The third kappa shape index (κ3) is 3.83. The number of benzene rings is 1. The number of hydrogen-bond donors (Lipinski definition) is 1. The number of aryl methyl sites for hydroxylation is 1. The Bertz CT molecular complexity index is 807. The highest BCUT2D eigenvalue weighted by atomic mass is 79.9. The number of nitrogens with one attached hydrogen (secondary N) is 1. The van der Waals surface area contributed by atoms with Crippen LogP contribution < -0.4 is 20.5 Å². The van der Waals surface area contributed by atoms with Crippen LogP contribution in [0.5, 0.6) is 11.5 Å². The van der Waals surface area contributed by atoms with Gasteiger partial charge in [0.1, 0.15) is 10.7 Å². The average Bonchev–Trinajstić information content (AvgIpc) is 2.54. The quantitative estimate of drug-likeness (QED) is 0.615. The summed E-state index contributed by atoms with van der Waals surface area (Å²) < 4.78 is 12.4. The van der Waals surface area contributed by atoms with E-state index >= 15 is 0 Å². The van der Waals surface area contributed by atoms with E-state index in [-0.39, 0.29) is 5.02 Å². The summed E-state index contributed by atoms with van der Waals surface area (Å²) in [6.07, 6.45) is 2.98. The Labute approximate surface area is 146 Å². The van der Waals surface area contributed by atoms with E-state index in [0.717, 1.165) is 14.7 Å². The van der Waals surface area contributed by atoms with Gasteiger partial charge in [-0.25, -0.2) is 4.68 Å². The van der Waals surface area contributed by atoms with Gasteiger partial charge in [-0.05, 0) is 33.6 Å². The van der Waals surface area contributed by atoms with Crippen LogP contribution in [0.15, 0.2) is 32.7 Å². The molecule has 2 rings (SSSR count). The predicted octanol–water partition coefficient (Wildman–Crippen LogP) is 2.66. The molecular formula is C14H14BrClN4O3. The second kappa shape index (κ2) is 7.47. The van der Waals surface area contributed by atoms with Gasteiger partial charge in [-0.2, -0.15) is 10.2 Å². The van der Waals surface area contributed by atoms with Gasteiger partial charge in [0, 0.05) is 7.05 Å². The molecule has 23 heavy (non-hydrogen) atoms. The molecule has 0 amide bonds. The third-order valence-electron chi connectivity index (χ3n) is 2.93. The lowest BCUT2D eigenvalue weighted by molar-refractivity contribution is 0.353. The Hall–Kier alpha value is -2.06. The van der Waals surface area contributed by atoms with Crippen molar-refractivity contribution in [1.82, 2.24) is 9.78 Å². The topological polar surface area (TPSA) is 77.7 Å². The van der Waals surface area contributed by atoms with Crippen LogP contribution in [0.3, 0.4) is 0 Å². The standard InChI is InChI=1S/C14H14BrClN4O3/c1-20-14(21)12(16)10(7-18-20)19-17-6-8-4-9(15)13(23-3)11(5-8)22-2/h4-7,19H,1-3H3/b17-6-. The van der Waals surface area contributed by atoms with E-state index in [0.29, 0.717) is 17.2 Å². The summed E-state index contributed by atoms with van der Waals surface area (Å²) in [5, 5.41) is 7.94. The minimum atomic E-state index is -0.402. The summed E-state index contributed by atoms with van der Waals surface area (Å²) in [5.74, 6) is 1.16. The first kappa shape index (κ1) is 17.3. The predicted molar refractivity (Wildman–Crippen MR) is 93.0 cm³/mol. The molecule has 122 valence electrons. The summed E-state index contributed by atoms with van der Waals surface area (Å²) in [6.45, 7) is 0. The Balaban J connectivity index is 2.23. The second-order valence-electron chi connectivity index (χ2n) is 4.41. The van der Waals surface area contributed by atoms with E-state index in [9.17, 15) is 4.79 Å². The minimum Gasteiger partial charge on any atom is -0.493 e. The van der Waals surface area contributed by atoms with Crippen molar-refractivity contribution in [1.29, 1.82) is 0 Å². The van der Waals surface area contributed by atoms with E-state index in [1.807, 2.05) is 6.07 Å². The Morgan fingerprint density at radius 2 is 2.13 bits per heavy atom. The lowest BCUT2D eigenvalue weighted by atomic mass is 10.2. The largest absolute Gasteiger partial charge is 0.493 e. The molecular weight excluding hydrogens is 388 g/mol. The number of ether oxygens (including phenoxy) is 2. The van der Waals surface area contributed by atoms with Crippen molar-refractivity contribution in [3.8, 4) is 11.5 Å². The number of halogens is 2. The molecule has 0 aliphatic heterocycles. The van der Waals surface area contributed by atoms with Crippen LogP contribution in [-0.2, 0) is 7.05 Å². The van der Waals surface area contributed by atoms with E-state index in [1.165, 1.54) is 13.2 Å². The Kier molecular flexibility index (Phi) is 5.62. The number of hydrazone groups is 1. The monoisotopic (exact) mass is 400 g/mol. The van der Waals surface area contributed by atoms with Gasteiger partial charge in [-0.3, -0.25) is 10.2 Å². The van der Waals surface area contributed by atoms with Gasteiger partial charge in [0.05, 0.1) is 31.1 Å². The van der Waals surface area contributed by atoms with Crippen LogP contribution in [0, 0.1) is 0 Å². The van der Waals surface area contributed by atoms with Crippen LogP contribution in [0.1, 0.15) is 5.56 Å². The van der Waals surface area contributed by atoms with Gasteiger partial charge in [0.2, 0.25) is 0 Å². The number of anilines is 1. The zero-order valence-electron chi connectivity index (χ0n) is 12.6. The maximum absolute atomic E-state index is 11.7. The molecule has 0 aliphatic rings. The molecule has 1 aromatic carbocycles. The summed E-state index contributed by atoms with van der Waals surface area (Å²) >= 11 is 9.34. The zero-order chi connectivity index (χ0) is 17.0. The highest BCUT2D eigenvalue weighted by Crippen LogP contribution is 2.35. The maximum atomic E-state index is 11.7. The lowest BCUT2D eigenvalue weighted by Crippen LogP contribution is -2.20. The summed E-state index contributed by atoms with van der Waals surface area (Å²) in [5.41, 5.74) is 3.37. The van der Waals surface area contributed by atoms with Crippen molar-refractivity contribution < 1.29 is 9.47 Å². The first-order valence-electron chi connectivity index (χ1n) is 6.40. The number of rotatable bonds is 5. The molecule has 1 N–H and O–H groups in total. The number of nitrogens with zero attached hydrogens (tertiary/aromatic N) is 3. The molecule has 0 atom stereocenters. The summed E-state index contributed by atoms with van der Waals surface area (Å²) in [4.78, 5) is 11.7. The molecule has 0 fully saturated rings. The van der Waals surface area contributed by atoms with E-state index in [2.05, 4.69) is 31.6 Å². The number of methoxy groups -OCH3 is 2. The molecule has 9 heteroatoms. The van der Waals surface area contributed by atoms with Crippen molar-refractivity contribution in [3.05, 3.63) is 43.7 Å². The number of hydrogen-bond acceptors (Lipinski definition) is 6. The molecule has 0 unspecified atom stereocenters. The first-order chi connectivity index (χ1) is 11.0. The van der Waals surface area contributed by atoms with Crippen LogP contribution in [0.2, 0.25) is 5.02 Å². The minimum absolute atomic E-state index is 0.0214. The van der Waals surface area contributed by atoms with Crippen LogP contribution >= 0.6 is 27.5 Å². The van der Waals surface area contributed by atoms with E-state index in [1.54, 1.807) is 26.5 Å². The highest BCUT2D eigenvalue weighted by molar-refractivity contribution is 9.10. The Morgan fingerprint density at radius 3 is 2.78 bits per heavy atom. The molecule has 0 bridgehead atoms. The van der Waals surface area contributed by atoms with Crippen LogP contribution in [0.4, 0.5) is 5.69 Å². The van der Waals surface area contributed by atoms with Crippen LogP contribution in [-0.4, -0.2) is 30.2 Å². The molecule has 0 spiro atoms. The van der Waals surface area contributed by atoms with Gasteiger partial charge >= 0.3 is 0 Å². The fourth-order valence-corrected chi connectivity index (χ4v) is 2.61. The molecule has 0 radical (unpaired) electrons. The molecule has 1 aromatic heterocycles. The fraction of sp³-hybridized carbons (Fsp3) is 0.214. The highest BCUT2D eigenvalue weighted by Gasteiger charge is 2.10. The van der Waals surface area contributed by atoms with Gasteiger partial charge in [-0.1, -0.05) is 11.6 Å². The maximum Gasteiger partial charge on any atom is 0.287 e. The average molecular weight is 402 g/mol. The molecule has 2 aromatic rings. The molecule has 1 heterocycles. The van der Waals surface area contributed by atoms with Gasteiger partial charge in [0.15, 0.2) is 11.5 Å². The van der Waals surface area contributed by atoms with Crippen molar-refractivity contribution in [3.63, 3.8) is 0 Å². The normalized spacial score (nSPS) is 10.8. The van der Waals surface area contributed by atoms with Crippen molar-refractivity contribution >= 4 is 39.4 Å². The first-order valence-corrected chi connectivity index (χ1v) is 7.57. The van der Waals surface area contributed by atoms with Gasteiger partial charge in [-0.15, -0.1) is 0 Å². The van der Waals surface area contributed by atoms with Crippen LogP contribution in [0.25, 0.3) is 0 Å². The SMILES string of the molecule is COc1cc(/C=N\Nc2cnn(C)c(=O)c2Cl)cc(Br)c1OC. The molecule has 0 saturated heterocycles. The van der Waals surface area contributed by atoms with E-state index in [4.69, 9.17) is 21.1 Å². The molecule has 0 aliphatic carbocycles. The van der Waals surface area contributed by atoms with Gasteiger partial charge < -0.3 is 9.47 Å². The third-order valence-corrected chi connectivity index (χ3v) is 3.89. The molecule has 7 nitrogen and oxygen atoms in total. The molecule has 0 saturated carbocycles. The Morgan fingerprint density at radius 1 is 1.39 bits per heavy atom. The zero-order valence-corrected chi connectivity index (χ0v) is 15.0. The van der Waals surface area contributed by atoms with Crippen molar-refractivity contribution in [2.24, 2.45) is 12.1 Å². The number of aromatic nitrogens is 2. The van der Waals surface area contributed by atoms with Crippen molar-refractivity contribution in [2.45, 2.75) is 0 Å².